The third kappa shape index (κ3) is 3.62. The summed E-state index contributed by atoms with van der Waals surface area (Å²) >= 11 is 11.6. The van der Waals surface area contributed by atoms with Crippen LogP contribution >= 0.6 is 23.2 Å². The molecule has 0 amide bonds. The van der Waals surface area contributed by atoms with Gasteiger partial charge in [0.1, 0.15) is 5.75 Å². The van der Waals surface area contributed by atoms with Crippen LogP contribution in [0.3, 0.4) is 0 Å². The van der Waals surface area contributed by atoms with Crippen molar-refractivity contribution >= 4 is 34.9 Å². The first-order valence-corrected chi connectivity index (χ1v) is 6.28. The van der Waals surface area contributed by atoms with Crippen LogP contribution in [-0.4, -0.2) is 16.0 Å². The van der Waals surface area contributed by atoms with Gasteiger partial charge < -0.3 is 9.84 Å². The van der Waals surface area contributed by atoms with Gasteiger partial charge in [-0.15, -0.1) is 0 Å². The average molecular weight is 328 g/mol. The van der Waals surface area contributed by atoms with Gasteiger partial charge in [0.25, 0.3) is 0 Å². The molecule has 0 atom stereocenters. The van der Waals surface area contributed by atoms with Crippen molar-refractivity contribution in [3.8, 4) is 11.5 Å². The number of hydrogen-bond acceptors (Lipinski definition) is 4. The maximum Gasteiger partial charge on any atom is 0.335 e. The van der Waals surface area contributed by atoms with Gasteiger partial charge in [0, 0.05) is 16.1 Å². The van der Waals surface area contributed by atoms with E-state index in [4.69, 9.17) is 33.0 Å². The van der Waals surface area contributed by atoms with Crippen molar-refractivity contribution in [1.82, 2.24) is 0 Å². The summed E-state index contributed by atoms with van der Waals surface area (Å²) in [5, 5.41) is 20.5. The Morgan fingerprint density at radius 2 is 1.76 bits per heavy atom. The monoisotopic (exact) mass is 327 g/mol. The zero-order valence-electron chi connectivity index (χ0n) is 10.2. The number of nitrogens with zero attached hydrogens (tertiary/aromatic N) is 1. The van der Waals surface area contributed by atoms with Gasteiger partial charge in [0.05, 0.1) is 10.5 Å². The highest BCUT2D eigenvalue weighted by atomic mass is 35.5. The van der Waals surface area contributed by atoms with Crippen LogP contribution in [0.2, 0.25) is 10.0 Å². The fourth-order valence-electron chi connectivity index (χ4n) is 1.59. The van der Waals surface area contributed by atoms with Gasteiger partial charge in [-0.2, -0.15) is 0 Å². The molecule has 21 heavy (non-hydrogen) atoms. The smallest absolute Gasteiger partial charge is 0.335 e. The molecule has 0 radical (unpaired) electrons. The summed E-state index contributed by atoms with van der Waals surface area (Å²) in [5.74, 6) is -1.17. The highest BCUT2D eigenvalue weighted by molar-refractivity contribution is 6.34. The SMILES string of the molecule is O=C(O)c1ccc(Oc2cc(Cl)cc(Cl)c2)c([N+](=O)[O-])c1. The molecule has 2 aromatic rings. The van der Waals surface area contributed by atoms with E-state index in [2.05, 4.69) is 0 Å². The Bertz CT molecular complexity index is 712. The maximum atomic E-state index is 11.0. The predicted molar refractivity (Wildman–Crippen MR) is 76.6 cm³/mol. The number of aromatic carboxylic acids is 1. The summed E-state index contributed by atoms with van der Waals surface area (Å²) < 4.78 is 5.36. The Labute approximate surface area is 128 Å². The largest absolute Gasteiger partial charge is 0.478 e. The first-order chi connectivity index (χ1) is 9.86. The second-order valence-corrected chi connectivity index (χ2v) is 4.82. The van der Waals surface area contributed by atoms with Crippen LogP contribution in [-0.2, 0) is 0 Å². The van der Waals surface area contributed by atoms with Crippen LogP contribution in [0.4, 0.5) is 5.69 Å². The normalized spacial score (nSPS) is 10.2. The lowest BCUT2D eigenvalue weighted by molar-refractivity contribution is -0.385. The molecule has 0 fully saturated rings. The van der Waals surface area contributed by atoms with E-state index in [0.717, 1.165) is 6.07 Å². The van der Waals surface area contributed by atoms with Crippen molar-refractivity contribution in [2.45, 2.75) is 0 Å². The summed E-state index contributed by atoms with van der Waals surface area (Å²) in [7, 11) is 0. The third-order valence-corrected chi connectivity index (χ3v) is 2.90. The van der Waals surface area contributed by atoms with Crippen LogP contribution in [0, 0.1) is 10.1 Å². The topological polar surface area (TPSA) is 89.7 Å². The molecule has 0 aromatic heterocycles. The molecule has 0 aliphatic rings. The number of ether oxygens (including phenoxy) is 1. The van der Waals surface area contributed by atoms with Gasteiger partial charge in [-0.05, 0) is 30.3 Å². The van der Waals surface area contributed by atoms with Crippen molar-refractivity contribution in [2.24, 2.45) is 0 Å². The summed E-state index contributed by atoms with van der Waals surface area (Å²) in [6.07, 6.45) is 0. The van der Waals surface area contributed by atoms with Crippen LogP contribution in [0.5, 0.6) is 11.5 Å². The molecule has 0 aliphatic carbocycles. The second kappa shape index (κ2) is 5.99. The Hall–Kier alpha value is -2.31. The predicted octanol–water partition coefficient (Wildman–Crippen LogP) is 4.39. The fourth-order valence-corrected chi connectivity index (χ4v) is 2.10. The third-order valence-electron chi connectivity index (χ3n) is 2.47. The molecule has 0 bridgehead atoms. The van der Waals surface area contributed by atoms with Crippen LogP contribution in [0.15, 0.2) is 36.4 Å². The Kier molecular flexibility index (Phi) is 4.30. The van der Waals surface area contributed by atoms with Crippen molar-refractivity contribution in [3.63, 3.8) is 0 Å². The van der Waals surface area contributed by atoms with Crippen molar-refractivity contribution in [3.05, 3.63) is 62.1 Å². The summed E-state index contributed by atoms with van der Waals surface area (Å²) in [5.41, 5.74) is -0.677. The molecule has 2 aromatic carbocycles. The number of carbonyl (C=O) groups is 1. The van der Waals surface area contributed by atoms with Gasteiger partial charge in [-0.3, -0.25) is 10.1 Å². The van der Waals surface area contributed by atoms with Crippen molar-refractivity contribution in [2.75, 3.05) is 0 Å². The molecule has 0 spiro atoms. The fraction of sp³-hybridized carbons (Fsp3) is 0. The number of nitro benzene ring substituents is 1. The van der Waals surface area contributed by atoms with Crippen LogP contribution < -0.4 is 4.74 Å². The number of carboxylic acids is 1. The Morgan fingerprint density at radius 3 is 2.29 bits per heavy atom. The van der Waals surface area contributed by atoms with E-state index in [-0.39, 0.29) is 17.1 Å². The summed E-state index contributed by atoms with van der Waals surface area (Å²) in [6, 6.07) is 7.68. The van der Waals surface area contributed by atoms with Gasteiger partial charge in [-0.25, -0.2) is 4.79 Å². The lowest BCUT2D eigenvalue weighted by atomic mass is 10.2. The van der Waals surface area contributed by atoms with Crippen molar-refractivity contribution < 1.29 is 19.6 Å². The molecule has 0 aliphatic heterocycles. The minimum atomic E-state index is -1.27. The Morgan fingerprint density at radius 1 is 1.14 bits per heavy atom. The molecular formula is C13H7Cl2NO5. The average Bonchev–Trinajstić information content (AvgIpc) is 2.37. The molecule has 0 heterocycles. The van der Waals surface area contributed by atoms with Crippen molar-refractivity contribution in [1.29, 1.82) is 0 Å². The first-order valence-electron chi connectivity index (χ1n) is 5.52. The minimum absolute atomic E-state index is 0.108. The number of hydrogen-bond donors (Lipinski definition) is 1. The quantitative estimate of drug-likeness (QED) is 0.664. The first kappa shape index (κ1) is 15.1. The number of benzene rings is 2. The second-order valence-electron chi connectivity index (χ2n) is 3.95. The van der Waals surface area contributed by atoms with E-state index in [9.17, 15) is 14.9 Å². The number of nitro groups is 1. The van der Waals surface area contributed by atoms with Gasteiger partial charge in [0.2, 0.25) is 5.75 Å². The molecule has 1 N–H and O–H groups in total. The highest BCUT2D eigenvalue weighted by Crippen LogP contribution is 2.34. The van der Waals surface area contributed by atoms with E-state index >= 15 is 0 Å². The Balaban J connectivity index is 2.43. The van der Waals surface area contributed by atoms with E-state index in [1.807, 2.05) is 0 Å². The van der Waals surface area contributed by atoms with Crippen LogP contribution in [0.1, 0.15) is 10.4 Å². The van der Waals surface area contributed by atoms with Crippen LogP contribution in [0.25, 0.3) is 0 Å². The lowest BCUT2D eigenvalue weighted by Crippen LogP contribution is -2.00. The molecule has 6 nitrogen and oxygen atoms in total. The molecule has 0 saturated carbocycles. The number of halogens is 2. The summed E-state index contributed by atoms with van der Waals surface area (Å²) in [4.78, 5) is 21.1. The molecule has 108 valence electrons. The molecule has 0 saturated heterocycles. The molecule has 0 unspecified atom stereocenters. The zero-order valence-corrected chi connectivity index (χ0v) is 11.8. The standard InChI is InChI=1S/C13H7Cl2NO5/c14-8-4-9(15)6-10(5-8)21-12-2-1-7(13(17)18)3-11(12)16(19)20/h1-6H,(H,17,18). The van der Waals surface area contributed by atoms with E-state index < -0.39 is 16.6 Å². The maximum absolute atomic E-state index is 11.0. The van der Waals surface area contributed by atoms with Gasteiger partial charge >= 0.3 is 11.7 Å². The number of rotatable bonds is 4. The molecular weight excluding hydrogens is 321 g/mol. The summed E-state index contributed by atoms with van der Waals surface area (Å²) in [6.45, 7) is 0. The van der Waals surface area contributed by atoms with E-state index in [0.29, 0.717) is 10.0 Å². The number of carboxylic acid groups (broad SMARTS) is 1. The van der Waals surface area contributed by atoms with E-state index in [1.165, 1.54) is 30.3 Å². The lowest BCUT2D eigenvalue weighted by Gasteiger charge is -2.07. The minimum Gasteiger partial charge on any atom is -0.478 e. The molecule has 8 heteroatoms. The zero-order chi connectivity index (χ0) is 15.6. The van der Waals surface area contributed by atoms with Gasteiger partial charge in [-0.1, -0.05) is 23.2 Å². The molecule has 2 rings (SSSR count). The van der Waals surface area contributed by atoms with Gasteiger partial charge in [0.15, 0.2) is 0 Å². The highest BCUT2D eigenvalue weighted by Gasteiger charge is 2.19. The van der Waals surface area contributed by atoms with E-state index in [1.54, 1.807) is 0 Å².